The van der Waals surface area contributed by atoms with E-state index in [1.807, 2.05) is 0 Å². The Morgan fingerprint density at radius 3 is 2.65 bits per heavy atom. The molecular weight excluding hydrogens is 252 g/mol. The monoisotopic (exact) mass is 284 g/mol. The summed E-state index contributed by atoms with van der Waals surface area (Å²) in [6.07, 6.45) is 5.47. The number of aliphatic hydroxyl groups is 1. The van der Waals surface area contributed by atoms with E-state index in [1.165, 1.54) is 19.3 Å². The number of nitrogens with zero attached hydrogens (tertiary/aromatic N) is 1. The molecule has 2 rings (SSSR count). The predicted octanol–water partition coefficient (Wildman–Crippen LogP) is 1.48. The zero-order valence-electron chi connectivity index (χ0n) is 13.4. The standard InChI is InChI=1S/C16H32N2O2/c1-13-4-5-15(17-2)14(10-13)11-18(3)12-16(19)6-8-20-9-7-16/h13-15,17,19H,4-12H2,1-3H3. The van der Waals surface area contributed by atoms with E-state index in [0.29, 0.717) is 25.2 Å². The molecule has 0 bridgehead atoms. The van der Waals surface area contributed by atoms with Crippen LogP contribution in [0.3, 0.4) is 0 Å². The third-order valence-electron chi connectivity index (χ3n) is 5.15. The van der Waals surface area contributed by atoms with Gasteiger partial charge in [0.1, 0.15) is 0 Å². The molecule has 2 aliphatic rings. The van der Waals surface area contributed by atoms with Crippen molar-refractivity contribution in [1.82, 2.24) is 10.2 Å². The molecule has 0 aromatic rings. The van der Waals surface area contributed by atoms with Crippen molar-refractivity contribution in [3.8, 4) is 0 Å². The molecule has 4 heteroatoms. The van der Waals surface area contributed by atoms with E-state index in [4.69, 9.17) is 4.74 Å². The largest absolute Gasteiger partial charge is 0.388 e. The maximum atomic E-state index is 10.6. The molecule has 3 atom stereocenters. The van der Waals surface area contributed by atoms with Gasteiger partial charge in [0.25, 0.3) is 0 Å². The normalized spacial score (nSPS) is 34.4. The smallest absolute Gasteiger partial charge is 0.0817 e. The third-order valence-corrected chi connectivity index (χ3v) is 5.15. The number of ether oxygens (including phenoxy) is 1. The average Bonchev–Trinajstić information content (AvgIpc) is 2.39. The van der Waals surface area contributed by atoms with E-state index in [-0.39, 0.29) is 0 Å². The Bertz CT molecular complexity index is 292. The van der Waals surface area contributed by atoms with E-state index >= 15 is 0 Å². The van der Waals surface area contributed by atoms with Crippen molar-refractivity contribution in [2.24, 2.45) is 11.8 Å². The summed E-state index contributed by atoms with van der Waals surface area (Å²) in [6.45, 7) is 5.62. The zero-order valence-corrected chi connectivity index (χ0v) is 13.4. The second kappa shape index (κ2) is 7.21. The van der Waals surface area contributed by atoms with Gasteiger partial charge in [-0.15, -0.1) is 0 Å². The summed E-state index contributed by atoms with van der Waals surface area (Å²) in [7, 11) is 4.24. The minimum Gasteiger partial charge on any atom is -0.388 e. The van der Waals surface area contributed by atoms with Crippen LogP contribution in [0.5, 0.6) is 0 Å². The summed E-state index contributed by atoms with van der Waals surface area (Å²) >= 11 is 0. The Hall–Kier alpha value is -0.160. The van der Waals surface area contributed by atoms with Gasteiger partial charge in [-0.05, 0) is 45.2 Å². The van der Waals surface area contributed by atoms with Crippen LogP contribution in [0.15, 0.2) is 0 Å². The summed E-state index contributed by atoms with van der Waals surface area (Å²) in [5, 5.41) is 14.1. The van der Waals surface area contributed by atoms with Gasteiger partial charge in [0, 0.05) is 45.2 Å². The molecule has 0 radical (unpaired) electrons. The molecule has 1 heterocycles. The second-order valence-corrected chi connectivity index (χ2v) is 7.11. The van der Waals surface area contributed by atoms with Crippen LogP contribution >= 0.6 is 0 Å². The zero-order chi connectivity index (χ0) is 14.6. The van der Waals surface area contributed by atoms with Gasteiger partial charge in [0.15, 0.2) is 0 Å². The highest BCUT2D eigenvalue weighted by Crippen LogP contribution is 2.30. The first kappa shape index (κ1) is 16.2. The summed E-state index contributed by atoms with van der Waals surface area (Å²) in [6, 6.07) is 0.637. The molecule has 0 aromatic carbocycles. The molecule has 118 valence electrons. The Balaban J connectivity index is 1.84. The summed E-state index contributed by atoms with van der Waals surface area (Å²) in [5.74, 6) is 1.54. The van der Waals surface area contributed by atoms with Crippen LogP contribution in [0, 0.1) is 11.8 Å². The molecule has 4 nitrogen and oxygen atoms in total. The highest BCUT2D eigenvalue weighted by molar-refractivity contribution is 4.88. The first-order chi connectivity index (χ1) is 9.52. The molecule has 2 N–H and O–H groups in total. The fraction of sp³-hybridized carbons (Fsp3) is 1.00. The summed E-state index contributed by atoms with van der Waals surface area (Å²) < 4.78 is 5.36. The second-order valence-electron chi connectivity index (χ2n) is 7.11. The quantitative estimate of drug-likeness (QED) is 0.803. The lowest BCUT2D eigenvalue weighted by Gasteiger charge is -2.40. The van der Waals surface area contributed by atoms with Gasteiger partial charge in [0.2, 0.25) is 0 Å². The third kappa shape index (κ3) is 4.42. The molecule has 20 heavy (non-hydrogen) atoms. The van der Waals surface area contributed by atoms with Crippen LogP contribution in [0.25, 0.3) is 0 Å². The fourth-order valence-electron chi connectivity index (χ4n) is 3.96. The fourth-order valence-corrected chi connectivity index (χ4v) is 3.96. The van der Waals surface area contributed by atoms with Gasteiger partial charge >= 0.3 is 0 Å². The van der Waals surface area contributed by atoms with E-state index in [2.05, 4.69) is 31.2 Å². The lowest BCUT2D eigenvalue weighted by Crippen LogP contribution is -2.49. The number of hydrogen-bond donors (Lipinski definition) is 2. The lowest BCUT2D eigenvalue weighted by atomic mass is 9.78. The van der Waals surface area contributed by atoms with Crippen LogP contribution in [0.2, 0.25) is 0 Å². The lowest BCUT2D eigenvalue weighted by molar-refractivity contribution is -0.0790. The van der Waals surface area contributed by atoms with E-state index < -0.39 is 5.60 Å². The molecule has 0 aromatic heterocycles. The summed E-state index contributed by atoms with van der Waals surface area (Å²) in [4.78, 5) is 2.33. The first-order valence-corrected chi connectivity index (χ1v) is 8.18. The molecule has 0 amide bonds. The van der Waals surface area contributed by atoms with Gasteiger partial charge in [-0.3, -0.25) is 0 Å². The summed E-state index contributed by atoms with van der Waals surface area (Å²) in [5.41, 5.74) is -0.539. The van der Waals surface area contributed by atoms with Crippen LogP contribution in [-0.4, -0.2) is 62.0 Å². The average molecular weight is 284 g/mol. The SMILES string of the molecule is CNC1CCC(C)CC1CN(C)CC1(O)CCOCC1. The number of hydrogen-bond acceptors (Lipinski definition) is 4. The van der Waals surface area contributed by atoms with Crippen LogP contribution < -0.4 is 5.32 Å². The van der Waals surface area contributed by atoms with Crippen molar-refractivity contribution in [1.29, 1.82) is 0 Å². The maximum Gasteiger partial charge on any atom is 0.0817 e. The molecular formula is C16H32N2O2. The Morgan fingerprint density at radius 2 is 2.00 bits per heavy atom. The van der Waals surface area contributed by atoms with Crippen molar-refractivity contribution < 1.29 is 9.84 Å². The van der Waals surface area contributed by atoms with E-state index in [1.54, 1.807) is 0 Å². The van der Waals surface area contributed by atoms with Gasteiger partial charge in [-0.1, -0.05) is 6.92 Å². The van der Waals surface area contributed by atoms with Gasteiger partial charge in [-0.25, -0.2) is 0 Å². The topological polar surface area (TPSA) is 44.7 Å². The van der Waals surface area contributed by atoms with Crippen molar-refractivity contribution in [2.75, 3.05) is 40.4 Å². The van der Waals surface area contributed by atoms with Crippen molar-refractivity contribution in [3.63, 3.8) is 0 Å². The van der Waals surface area contributed by atoms with Crippen molar-refractivity contribution in [3.05, 3.63) is 0 Å². The minimum atomic E-state index is -0.539. The van der Waals surface area contributed by atoms with Crippen molar-refractivity contribution >= 4 is 0 Å². The Morgan fingerprint density at radius 1 is 1.30 bits per heavy atom. The Kier molecular flexibility index (Phi) is 5.84. The van der Waals surface area contributed by atoms with Crippen LogP contribution in [0.4, 0.5) is 0 Å². The van der Waals surface area contributed by atoms with Gasteiger partial charge < -0.3 is 20.1 Å². The number of nitrogens with one attached hydrogen (secondary N) is 1. The highest BCUT2D eigenvalue weighted by Gasteiger charge is 2.33. The molecule has 2 fully saturated rings. The van der Waals surface area contributed by atoms with E-state index in [0.717, 1.165) is 31.8 Å². The first-order valence-electron chi connectivity index (χ1n) is 8.18. The molecule has 1 aliphatic carbocycles. The molecule has 1 aliphatic heterocycles. The van der Waals surface area contributed by atoms with Crippen LogP contribution in [0.1, 0.15) is 39.0 Å². The number of likely N-dealkylation sites (N-methyl/N-ethyl adjacent to an activating group) is 1. The highest BCUT2D eigenvalue weighted by atomic mass is 16.5. The number of rotatable bonds is 5. The van der Waals surface area contributed by atoms with Gasteiger partial charge in [-0.2, -0.15) is 0 Å². The maximum absolute atomic E-state index is 10.6. The van der Waals surface area contributed by atoms with Crippen molar-refractivity contribution in [2.45, 2.75) is 50.7 Å². The predicted molar refractivity (Wildman–Crippen MR) is 81.9 cm³/mol. The molecule has 1 saturated carbocycles. The van der Waals surface area contributed by atoms with Crippen LogP contribution in [-0.2, 0) is 4.74 Å². The van der Waals surface area contributed by atoms with E-state index in [9.17, 15) is 5.11 Å². The van der Waals surface area contributed by atoms with Gasteiger partial charge in [0.05, 0.1) is 5.60 Å². The molecule has 0 spiro atoms. The minimum absolute atomic E-state index is 0.539. The molecule has 3 unspecified atom stereocenters. The Labute approximate surface area is 123 Å². The molecule has 1 saturated heterocycles.